The third-order valence-electron chi connectivity index (χ3n) is 6.02. The van der Waals surface area contributed by atoms with Crippen LogP contribution in [0.3, 0.4) is 0 Å². The van der Waals surface area contributed by atoms with Crippen molar-refractivity contribution in [2.24, 2.45) is 0 Å². The summed E-state index contributed by atoms with van der Waals surface area (Å²) in [5.41, 5.74) is 2.70. The number of hydrogen-bond donors (Lipinski definition) is 0. The van der Waals surface area contributed by atoms with Gasteiger partial charge in [-0.2, -0.15) is 5.10 Å². The zero-order chi connectivity index (χ0) is 22.2. The minimum absolute atomic E-state index is 0.0754. The number of piperazine rings is 1. The van der Waals surface area contributed by atoms with E-state index in [4.69, 9.17) is 9.15 Å². The third-order valence-corrected chi connectivity index (χ3v) is 6.02. The van der Waals surface area contributed by atoms with Crippen LogP contribution >= 0.6 is 0 Å². The highest BCUT2D eigenvalue weighted by Crippen LogP contribution is 2.23. The van der Waals surface area contributed by atoms with E-state index in [1.54, 1.807) is 24.3 Å². The molecule has 166 valence electrons. The normalized spacial score (nSPS) is 14.4. The van der Waals surface area contributed by atoms with Gasteiger partial charge in [0, 0.05) is 56.5 Å². The Morgan fingerprint density at radius 2 is 1.94 bits per heavy atom. The first-order chi connectivity index (χ1) is 15.6. The van der Waals surface area contributed by atoms with Gasteiger partial charge in [0.1, 0.15) is 23.6 Å². The maximum Gasteiger partial charge on any atom is 0.291 e. The Labute approximate surface area is 184 Å². The first-order valence-corrected chi connectivity index (χ1v) is 10.7. The SMILES string of the molecule is CCc1nn(CC(=O)N2CCN(c3cccc(OC)c3)CC2)c(=O)c2cc3occc3n12. The van der Waals surface area contributed by atoms with Crippen LogP contribution in [0, 0.1) is 0 Å². The van der Waals surface area contributed by atoms with Gasteiger partial charge in [-0.1, -0.05) is 13.0 Å². The van der Waals surface area contributed by atoms with E-state index in [1.165, 1.54) is 4.68 Å². The summed E-state index contributed by atoms with van der Waals surface area (Å²) in [6.45, 7) is 4.51. The van der Waals surface area contributed by atoms with Gasteiger partial charge in [0.15, 0.2) is 5.58 Å². The molecule has 0 bridgehead atoms. The van der Waals surface area contributed by atoms with Crippen molar-refractivity contribution in [3.05, 3.63) is 58.8 Å². The molecule has 0 aliphatic carbocycles. The molecule has 9 heteroatoms. The lowest BCUT2D eigenvalue weighted by atomic mass is 10.2. The number of furan rings is 1. The average Bonchev–Trinajstić information content (AvgIpc) is 3.43. The van der Waals surface area contributed by atoms with Crippen LogP contribution in [0.25, 0.3) is 16.6 Å². The Kier molecular flexibility index (Phi) is 5.08. The topological polar surface area (TPSA) is 85.2 Å². The number of aromatic nitrogens is 3. The molecule has 1 amide bonds. The van der Waals surface area contributed by atoms with Gasteiger partial charge < -0.3 is 19.0 Å². The molecule has 1 aromatic carbocycles. The van der Waals surface area contributed by atoms with Gasteiger partial charge in [-0.15, -0.1) is 0 Å². The third kappa shape index (κ3) is 3.39. The van der Waals surface area contributed by atoms with Crippen LogP contribution in [0.4, 0.5) is 5.69 Å². The molecule has 0 radical (unpaired) electrons. The first kappa shape index (κ1) is 20.2. The van der Waals surface area contributed by atoms with E-state index in [0.29, 0.717) is 36.4 Å². The number of ether oxygens (including phenoxy) is 1. The van der Waals surface area contributed by atoms with Crippen LogP contribution in [0.2, 0.25) is 0 Å². The molecule has 0 spiro atoms. The molecule has 0 N–H and O–H groups in total. The van der Waals surface area contributed by atoms with Crippen molar-refractivity contribution < 1.29 is 13.9 Å². The summed E-state index contributed by atoms with van der Waals surface area (Å²) in [6.07, 6.45) is 2.22. The van der Waals surface area contributed by atoms with E-state index in [9.17, 15) is 9.59 Å². The maximum atomic E-state index is 13.0. The Morgan fingerprint density at radius 1 is 1.12 bits per heavy atom. The molecule has 4 heterocycles. The summed E-state index contributed by atoms with van der Waals surface area (Å²) >= 11 is 0. The van der Waals surface area contributed by atoms with Crippen LogP contribution in [0.15, 0.2) is 51.9 Å². The minimum atomic E-state index is -0.294. The second-order valence-corrected chi connectivity index (χ2v) is 7.84. The Hall–Kier alpha value is -3.75. The smallest absolute Gasteiger partial charge is 0.291 e. The molecule has 0 saturated carbocycles. The average molecular weight is 435 g/mol. The zero-order valence-corrected chi connectivity index (χ0v) is 18.2. The number of rotatable bonds is 5. The molecule has 32 heavy (non-hydrogen) atoms. The van der Waals surface area contributed by atoms with Gasteiger partial charge >= 0.3 is 0 Å². The highest BCUT2D eigenvalue weighted by Gasteiger charge is 2.23. The highest BCUT2D eigenvalue weighted by atomic mass is 16.5. The Morgan fingerprint density at radius 3 is 2.69 bits per heavy atom. The monoisotopic (exact) mass is 435 g/mol. The van der Waals surface area contributed by atoms with Crippen LogP contribution in [-0.4, -0.2) is 58.3 Å². The molecule has 1 aliphatic rings. The van der Waals surface area contributed by atoms with Crippen molar-refractivity contribution in [1.29, 1.82) is 0 Å². The Balaban J connectivity index is 1.33. The second kappa shape index (κ2) is 8.07. The van der Waals surface area contributed by atoms with E-state index in [2.05, 4.69) is 10.00 Å². The quantitative estimate of drug-likeness (QED) is 0.478. The van der Waals surface area contributed by atoms with E-state index in [-0.39, 0.29) is 18.0 Å². The van der Waals surface area contributed by atoms with E-state index in [1.807, 2.05) is 41.7 Å². The molecule has 9 nitrogen and oxygen atoms in total. The molecule has 1 aliphatic heterocycles. The number of benzene rings is 1. The van der Waals surface area contributed by atoms with Crippen molar-refractivity contribution in [3.8, 4) is 5.75 Å². The van der Waals surface area contributed by atoms with Crippen molar-refractivity contribution in [2.45, 2.75) is 19.9 Å². The molecule has 4 aromatic rings. The molecule has 0 atom stereocenters. The maximum absolute atomic E-state index is 13.0. The highest BCUT2D eigenvalue weighted by molar-refractivity contribution is 5.82. The number of methoxy groups -OCH3 is 1. The molecule has 5 rings (SSSR count). The van der Waals surface area contributed by atoms with Gasteiger partial charge in [-0.25, -0.2) is 4.68 Å². The number of amides is 1. The van der Waals surface area contributed by atoms with E-state index < -0.39 is 0 Å². The van der Waals surface area contributed by atoms with Gasteiger partial charge in [0.05, 0.1) is 18.9 Å². The molecular weight excluding hydrogens is 410 g/mol. The number of nitrogens with zero attached hydrogens (tertiary/aromatic N) is 5. The van der Waals surface area contributed by atoms with Crippen LogP contribution in [-0.2, 0) is 17.8 Å². The number of anilines is 1. The van der Waals surface area contributed by atoms with Gasteiger partial charge in [0.2, 0.25) is 5.91 Å². The van der Waals surface area contributed by atoms with Crippen LogP contribution in [0.5, 0.6) is 5.75 Å². The summed E-state index contributed by atoms with van der Waals surface area (Å²) in [5.74, 6) is 1.42. The number of carbonyl (C=O) groups is 1. The first-order valence-electron chi connectivity index (χ1n) is 10.7. The molecule has 1 saturated heterocycles. The predicted octanol–water partition coefficient (Wildman–Crippen LogP) is 2.16. The summed E-state index contributed by atoms with van der Waals surface area (Å²) in [7, 11) is 1.65. The molecule has 1 fully saturated rings. The van der Waals surface area contributed by atoms with Crippen molar-refractivity contribution >= 4 is 28.2 Å². The molecule has 0 unspecified atom stereocenters. The number of carbonyl (C=O) groups excluding carboxylic acids is 1. The Bertz CT molecular complexity index is 1340. The second-order valence-electron chi connectivity index (χ2n) is 7.84. The lowest BCUT2D eigenvalue weighted by molar-refractivity contribution is -0.132. The summed E-state index contributed by atoms with van der Waals surface area (Å²) < 4.78 is 13.9. The fourth-order valence-electron chi connectivity index (χ4n) is 4.31. The summed E-state index contributed by atoms with van der Waals surface area (Å²) in [6, 6.07) is 11.4. The number of aryl methyl sites for hydroxylation is 1. The van der Waals surface area contributed by atoms with Crippen molar-refractivity contribution in [1.82, 2.24) is 19.1 Å². The lowest BCUT2D eigenvalue weighted by Crippen LogP contribution is -2.50. The molecule has 3 aromatic heterocycles. The van der Waals surface area contributed by atoms with Crippen LogP contribution in [0.1, 0.15) is 12.7 Å². The molecular formula is C23H25N5O4. The fourth-order valence-corrected chi connectivity index (χ4v) is 4.31. The largest absolute Gasteiger partial charge is 0.497 e. The van der Waals surface area contributed by atoms with Crippen molar-refractivity contribution in [3.63, 3.8) is 0 Å². The predicted molar refractivity (Wildman–Crippen MR) is 120 cm³/mol. The fraction of sp³-hybridized carbons (Fsp3) is 0.348. The van der Waals surface area contributed by atoms with Gasteiger partial charge in [-0.3, -0.25) is 14.0 Å². The van der Waals surface area contributed by atoms with Crippen LogP contribution < -0.4 is 15.2 Å². The minimum Gasteiger partial charge on any atom is -0.497 e. The lowest BCUT2D eigenvalue weighted by Gasteiger charge is -2.36. The zero-order valence-electron chi connectivity index (χ0n) is 18.2. The van der Waals surface area contributed by atoms with Gasteiger partial charge in [-0.05, 0) is 12.1 Å². The van der Waals surface area contributed by atoms with Gasteiger partial charge in [0.25, 0.3) is 5.56 Å². The number of hydrogen-bond acceptors (Lipinski definition) is 6. The summed E-state index contributed by atoms with van der Waals surface area (Å²) in [4.78, 5) is 30.0. The number of fused-ring (bicyclic) bond motifs is 3. The van der Waals surface area contributed by atoms with E-state index >= 15 is 0 Å². The standard InChI is InChI=1S/C23H25N5O4/c1-3-21-24-27(23(30)19-14-20-18(28(19)21)7-12-32-20)15-22(29)26-10-8-25(9-11-26)16-5-4-6-17(13-16)31-2/h4-7,12-14H,3,8-11,15H2,1-2H3. The van der Waals surface area contributed by atoms with E-state index in [0.717, 1.165) is 30.0 Å². The summed E-state index contributed by atoms with van der Waals surface area (Å²) in [5, 5.41) is 4.49. The van der Waals surface area contributed by atoms with Crippen molar-refractivity contribution in [2.75, 3.05) is 38.2 Å².